The molecule has 3 aromatic rings. The molecule has 0 fully saturated rings. The Hall–Kier alpha value is -3.41. The number of urea groups is 1. The van der Waals surface area contributed by atoms with E-state index in [4.69, 9.17) is 9.47 Å². The first-order chi connectivity index (χ1) is 13.2. The van der Waals surface area contributed by atoms with Crippen LogP contribution in [0, 0.1) is 6.92 Å². The van der Waals surface area contributed by atoms with E-state index in [1.165, 1.54) is 11.1 Å². The standard InChI is InChI=1S/C21H21N3O3/c1-15-5-2-3-6-16(15)13-24-10-4-7-18(24)12-22-21(25)23-17-8-9-19-20(11-17)27-14-26-19/h2-11H,12-14H2,1H3,(H2,22,23,25). The number of aryl methyl sites for hydroxylation is 1. The third-order valence-corrected chi connectivity index (χ3v) is 4.59. The van der Waals surface area contributed by atoms with Gasteiger partial charge in [-0.25, -0.2) is 4.79 Å². The van der Waals surface area contributed by atoms with Crippen molar-refractivity contribution in [3.05, 3.63) is 77.6 Å². The third kappa shape index (κ3) is 3.89. The molecule has 27 heavy (non-hydrogen) atoms. The second-order valence-corrected chi connectivity index (χ2v) is 6.43. The smallest absolute Gasteiger partial charge is 0.319 e. The minimum absolute atomic E-state index is 0.211. The first kappa shape index (κ1) is 17.0. The number of hydrogen-bond donors (Lipinski definition) is 2. The predicted octanol–water partition coefficient (Wildman–Crippen LogP) is 3.90. The fourth-order valence-electron chi connectivity index (χ4n) is 3.06. The third-order valence-electron chi connectivity index (χ3n) is 4.59. The Labute approximate surface area is 157 Å². The lowest BCUT2D eigenvalue weighted by Crippen LogP contribution is -2.29. The number of ether oxygens (including phenoxy) is 2. The van der Waals surface area contributed by atoms with Gasteiger partial charge in [0.25, 0.3) is 0 Å². The van der Waals surface area contributed by atoms with E-state index in [1.54, 1.807) is 18.2 Å². The number of amides is 2. The summed E-state index contributed by atoms with van der Waals surface area (Å²) in [6.07, 6.45) is 2.03. The molecule has 0 saturated carbocycles. The number of hydrogen-bond acceptors (Lipinski definition) is 3. The SMILES string of the molecule is Cc1ccccc1Cn1cccc1CNC(=O)Nc1ccc2c(c1)OCO2. The monoisotopic (exact) mass is 363 g/mol. The summed E-state index contributed by atoms with van der Waals surface area (Å²) >= 11 is 0. The molecule has 4 rings (SSSR count). The quantitative estimate of drug-likeness (QED) is 0.723. The molecule has 1 aliphatic heterocycles. The van der Waals surface area contributed by atoms with Crippen LogP contribution in [0.4, 0.5) is 10.5 Å². The van der Waals surface area contributed by atoms with E-state index in [-0.39, 0.29) is 12.8 Å². The van der Waals surface area contributed by atoms with Crippen LogP contribution in [-0.4, -0.2) is 17.4 Å². The maximum Gasteiger partial charge on any atom is 0.319 e. The van der Waals surface area contributed by atoms with Crippen LogP contribution in [0.1, 0.15) is 16.8 Å². The summed E-state index contributed by atoms with van der Waals surface area (Å²) < 4.78 is 12.7. The largest absolute Gasteiger partial charge is 0.454 e. The van der Waals surface area contributed by atoms with Crippen LogP contribution in [0.15, 0.2) is 60.8 Å². The highest BCUT2D eigenvalue weighted by Gasteiger charge is 2.14. The number of rotatable bonds is 5. The number of nitrogens with one attached hydrogen (secondary N) is 2. The van der Waals surface area contributed by atoms with Crippen molar-refractivity contribution in [1.82, 2.24) is 9.88 Å². The zero-order chi connectivity index (χ0) is 18.6. The van der Waals surface area contributed by atoms with Gasteiger partial charge in [-0.3, -0.25) is 0 Å². The normalized spacial score (nSPS) is 12.0. The van der Waals surface area contributed by atoms with Gasteiger partial charge in [-0.05, 0) is 42.3 Å². The molecule has 6 heteroatoms. The number of nitrogens with zero attached hydrogens (tertiary/aromatic N) is 1. The van der Waals surface area contributed by atoms with Crippen molar-refractivity contribution in [3.8, 4) is 11.5 Å². The molecule has 0 saturated heterocycles. The Morgan fingerprint density at radius 3 is 2.81 bits per heavy atom. The van der Waals surface area contributed by atoms with Gasteiger partial charge >= 0.3 is 6.03 Å². The zero-order valence-corrected chi connectivity index (χ0v) is 15.1. The van der Waals surface area contributed by atoms with Gasteiger partial charge in [0.05, 0.1) is 6.54 Å². The Kier molecular flexibility index (Phi) is 4.70. The average Bonchev–Trinajstić information content (AvgIpc) is 3.30. The molecule has 2 aromatic carbocycles. The molecular weight excluding hydrogens is 342 g/mol. The number of aromatic nitrogens is 1. The lowest BCUT2D eigenvalue weighted by atomic mass is 10.1. The second kappa shape index (κ2) is 7.45. The van der Waals surface area contributed by atoms with E-state index in [1.807, 2.05) is 30.5 Å². The zero-order valence-electron chi connectivity index (χ0n) is 15.1. The molecule has 2 amide bonds. The van der Waals surface area contributed by atoms with E-state index >= 15 is 0 Å². The molecule has 2 N–H and O–H groups in total. The first-order valence-electron chi connectivity index (χ1n) is 8.82. The van der Waals surface area contributed by atoms with Crippen LogP contribution >= 0.6 is 0 Å². The van der Waals surface area contributed by atoms with Crippen LogP contribution in [0.5, 0.6) is 11.5 Å². The van der Waals surface area contributed by atoms with Gasteiger partial charge < -0.3 is 24.7 Å². The lowest BCUT2D eigenvalue weighted by molar-refractivity contribution is 0.174. The van der Waals surface area contributed by atoms with Crippen molar-refractivity contribution < 1.29 is 14.3 Å². The summed E-state index contributed by atoms with van der Waals surface area (Å²) in [5, 5.41) is 5.72. The lowest BCUT2D eigenvalue weighted by Gasteiger charge is -2.13. The van der Waals surface area contributed by atoms with Crippen molar-refractivity contribution in [2.45, 2.75) is 20.0 Å². The highest BCUT2D eigenvalue weighted by atomic mass is 16.7. The molecule has 1 aromatic heterocycles. The maximum absolute atomic E-state index is 12.2. The summed E-state index contributed by atoms with van der Waals surface area (Å²) in [6.45, 7) is 3.54. The van der Waals surface area contributed by atoms with Gasteiger partial charge in [-0.2, -0.15) is 0 Å². The van der Waals surface area contributed by atoms with E-state index in [9.17, 15) is 4.79 Å². The van der Waals surface area contributed by atoms with Gasteiger partial charge in [-0.15, -0.1) is 0 Å². The number of anilines is 1. The van der Waals surface area contributed by atoms with Crippen molar-refractivity contribution in [1.29, 1.82) is 0 Å². The molecule has 138 valence electrons. The average molecular weight is 363 g/mol. The Bertz CT molecular complexity index is 965. The van der Waals surface area contributed by atoms with Gasteiger partial charge in [-0.1, -0.05) is 24.3 Å². The molecule has 0 spiro atoms. The maximum atomic E-state index is 12.2. The minimum Gasteiger partial charge on any atom is -0.454 e. The van der Waals surface area contributed by atoms with E-state index in [2.05, 4.69) is 34.3 Å². The Morgan fingerprint density at radius 1 is 1.07 bits per heavy atom. The Morgan fingerprint density at radius 2 is 1.93 bits per heavy atom. The van der Waals surface area contributed by atoms with Crippen LogP contribution in [0.2, 0.25) is 0 Å². The minimum atomic E-state index is -0.266. The van der Waals surface area contributed by atoms with E-state index in [0.29, 0.717) is 23.7 Å². The number of carbonyl (C=O) groups excluding carboxylic acids is 1. The van der Waals surface area contributed by atoms with Gasteiger partial charge in [0, 0.05) is 30.2 Å². The van der Waals surface area contributed by atoms with Gasteiger partial charge in [0.15, 0.2) is 11.5 Å². The van der Waals surface area contributed by atoms with Crippen molar-refractivity contribution in [2.24, 2.45) is 0 Å². The van der Waals surface area contributed by atoms with Crippen molar-refractivity contribution in [3.63, 3.8) is 0 Å². The Balaban J connectivity index is 1.36. The summed E-state index contributed by atoms with van der Waals surface area (Å²) in [7, 11) is 0. The molecule has 1 aliphatic rings. The summed E-state index contributed by atoms with van der Waals surface area (Å²) in [6, 6.07) is 17.4. The van der Waals surface area contributed by atoms with Gasteiger partial charge in [0.2, 0.25) is 6.79 Å². The fourth-order valence-corrected chi connectivity index (χ4v) is 3.06. The van der Waals surface area contributed by atoms with Gasteiger partial charge in [0.1, 0.15) is 0 Å². The molecule has 0 aliphatic carbocycles. The predicted molar refractivity (Wildman–Crippen MR) is 103 cm³/mol. The molecular formula is C21H21N3O3. The van der Waals surface area contributed by atoms with E-state index in [0.717, 1.165) is 12.2 Å². The summed E-state index contributed by atoms with van der Waals surface area (Å²) in [4.78, 5) is 12.2. The highest BCUT2D eigenvalue weighted by molar-refractivity contribution is 5.89. The second-order valence-electron chi connectivity index (χ2n) is 6.43. The van der Waals surface area contributed by atoms with Crippen molar-refractivity contribution >= 4 is 11.7 Å². The van der Waals surface area contributed by atoms with Crippen LogP contribution in [0.25, 0.3) is 0 Å². The molecule has 0 radical (unpaired) electrons. The summed E-state index contributed by atoms with van der Waals surface area (Å²) in [5.74, 6) is 1.33. The number of carbonyl (C=O) groups is 1. The number of fused-ring (bicyclic) bond motifs is 1. The summed E-state index contributed by atoms with van der Waals surface area (Å²) in [5.41, 5.74) is 4.22. The van der Waals surface area contributed by atoms with Crippen LogP contribution in [-0.2, 0) is 13.1 Å². The van der Waals surface area contributed by atoms with Crippen LogP contribution < -0.4 is 20.1 Å². The molecule has 0 unspecified atom stereocenters. The number of benzene rings is 2. The first-order valence-corrected chi connectivity index (χ1v) is 8.82. The topological polar surface area (TPSA) is 64.5 Å². The highest BCUT2D eigenvalue weighted by Crippen LogP contribution is 2.34. The molecule has 6 nitrogen and oxygen atoms in total. The molecule has 2 heterocycles. The van der Waals surface area contributed by atoms with Crippen LogP contribution in [0.3, 0.4) is 0 Å². The fraction of sp³-hybridized carbons (Fsp3) is 0.190. The van der Waals surface area contributed by atoms with Crippen molar-refractivity contribution in [2.75, 3.05) is 12.1 Å². The van der Waals surface area contributed by atoms with E-state index < -0.39 is 0 Å². The molecule has 0 bridgehead atoms. The molecule has 0 atom stereocenters.